The first kappa shape index (κ1) is 25.0. The molecule has 0 bridgehead atoms. The van der Waals surface area contributed by atoms with Crippen molar-refractivity contribution in [2.45, 2.75) is 38.9 Å². The molecular formula is C21H25ClF4N6O. The number of hydrogen-bond acceptors (Lipinski definition) is 7. The van der Waals surface area contributed by atoms with Gasteiger partial charge in [-0.05, 0) is 26.8 Å². The van der Waals surface area contributed by atoms with Crippen LogP contribution in [0.1, 0.15) is 49.4 Å². The Hall–Kier alpha value is -2.66. The number of hydrogen-bond donors (Lipinski definition) is 3. The van der Waals surface area contributed by atoms with Gasteiger partial charge in [-0.15, -0.1) is 0 Å². The monoisotopic (exact) mass is 488 g/mol. The topological polar surface area (TPSA) is 100 Å². The first-order valence-corrected chi connectivity index (χ1v) is 10.7. The Labute approximate surface area is 193 Å². The van der Waals surface area contributed by atoms with E-state index in [-0.39, 0.29) is 47.6 Å². The Kier molecular flexibility index (Phi) is 7.32. The normalized spacial score (nSPS) is 15.8. The molecule has 33 heavy (non-hydrogen) atoms. The predicted molar refractivity (Wildman–Crippen MR) is 119 cm³/mol. The summed E-state index contributed by atoms with van der Waals surface area (Å²) in [6.07, 6.45) is -3.07. The van der Waals surface area contributed by atoms with Crippen molar-refractivity contribution in [2.75, 3.05) is 37.3 Å². The second-order valence-electron chi connectivity index (χ2n) is 7.92. The second kappa shape index (κ2) is 9.68. The molecule has 1 saturated heterocycles. The van der Waals surface area contributed by atoms with Crippen LogP contribution in [0.4, 0.5) is 29.2 Å². The van der Waals surface area contributed by atoms with Gasteiger partial charge in [-0.25, -0.2) is 14.4 Å². The zero-order valence-corrected chi connectivity index (χ0v) is 19.1. The number of likely N-dealkylation sites (tertiary alicyclic amines) is 1. The van der Waals surface area contributed by atoms with Crippen molar-refractivity contribution in [3.8, 4) is 5.75 Å². The number of nitrogens with one attached hydrogen (secondary N) is 2. The van der Waals surface area contributed by atoms with Crippen LogP contribution < -0.4 is 15.8 Å². The highest BCUT2D eigenvalue weighted by molar-refractivity contribution is 6.31. The fourth-order valence-corrected chi connectivity index (χ4v) is 4.16. The summed E-state index contributed by atoms with van der Waals surface area (Å²) in [5, 5.41) is 10.9. The number of nitrogens with zero attached hydrogens (tertiary/aromatic N) is 3. The third-order valence-corrected chi connectivity index (χ3v) is 5.64. The maximum absolute atomic E-state index is 15.1. The van der Waals surface area contributed by atoms with E-state index in [9.17, 15) is 13.2 Å². The molecule has 3 rings (SSSR count). The summed E-state index contributed by atoms with van der Waals surface area (Å²) in [6, 6.07) is 0.915. The van der Waals surface area contributed by atoms with E-state index in [1.807, 2.05) is 0 Å². The van der Waals surface area contributed by atoms with Gasteiger partial charge < -0.3 is 21.2 Å². The molecular weight excluding hydrogens is 464 g/mol. The molecule has 0 saturated carbocycles. The Balaban J connectivity index is 1.96. The van der Waals surface area contributed by atoms with Crippen molar-refractivity contribution < 1.29 is 22.3 Å². The van der Waals surface area contributed by atoms with E-state index in [1.54, 1.807) is 20.8 Å². The minimum absolute atomic E-state index is 0.0394. The maximum atomic E-state index is 15.1. The lowest BCUT2D eigenvalue weighted by molar-refractivity contribution is -0.155. The van der Waals surface area contributed by atoms with Crippen LogP contribution in [0.2, 0.25) is 5.02 Å². The van der Waals surface area contributed by atoms with E-state index in [4.69, 9.17) is 27.5 Å². The fourth-order valence-electron chi connectivity index (χ4n) is 3.94. The molecule has 1 atom stereocenters. The van der Waals surface area contributed by atoms with Crippen LogP contribution in [-0.2, 0) is 0 Å². The van der Waals surface area contributed by atoms with Gasteiger partial charge in [0.1, 0.15) is 29.5 Å². The number of aromatic nitrogens is 2. The molecule has 2 aromatic rings. The third-order valence-electron chi connectivity index (χ3n) is 5.36. The van der Waals surface area contributed by atoms with Crippen LogP contribution in [0.3, 0.4) is 0 Å². The Morgan fingerprint density at radius 1 is 1.39 bits per heavy atom. The first-order valence-electron chi connectivity index (χ1n) is 10.3. The summed E-state index contributed by atoms with van der Waals surface area (Å²) in [5.74, 6) is -0.505. The molecule has 1 aliphatic rings. The standard InChI is InChI=1S/C21H25ClF4N6O/c1-4-33-18-13(11(3)31-20-15(10(2)27)19(28)29-9-30-20)5-14(22)17(23)16(18)12-6-32(7-12)8-21(24,25)26/h5,9,11-12,27H,4,6-8H2,1-3H3,(H3,28,29,30,31). The number of alkyl halides is 3. The number of halogens is 5. The second-order valence-corrected chi connectivity index (χ2v) is 8.32. The van der Waals surface area contributed by atoms with Crippen molar-refractivity contribution in [1.82, 2.24) is 14.9 Å². The lowest BCUT2D eigenvalue weighted by Gasteiger charge is -2.41. The molecule has 1 aromatic heterocycles. The van der Waals surface area contributed by atoms with Crippen molar-refractivity contribution in [1.29, 1.82) is 5.41 Å². The number of nitrogen functional groups attached to an aromatic ring is 1. The van der Waals surface area contributed by atoms with E-state index in [1.165, 1.54) is 17.3 Å². The molecule has 4 N–H and O–H groups in total. The average Bonchev–Trinajstić information content (AvgIpc) is 2.67. The molecule has 1 fully saturated rings. The molecule has 12 heteroatoms. The van der Waals surface area contributed by atoms with E-state index in [2.05, 4.69) is 15.3 Å². The Bertz CT molecular complexity index is 1040. The highest BCUT2D eigenvalue weighted by atomic mass is 35.5. The summed E-state index contributed by atoms with van der Waals surface area (Å²) < 4.78 is 58.9. The first-order chi connectivity index (χ1) is 15.4. The zero-order chi connectivity index (χ0) is 24.5. The smallest absolute Gasteiger partial charge is 0.401 e. The van der Waals surface area contributed by atoms with E-state index < -0.39 is 30.5 Å². The lowest BCUT2D eigenvalue weighted by Crippen LogP contribution is -2.49. The molecule has 1 aliphatic heterocycles. The van der Waals surface area contributed by atoms with Crippen LogP contribution in [0.15, 0.2) is 12.4 Å². The number of benzene rings is 1. The van der Waals surface area contributed by atoms with Crippen LogP contribution in [-0.4, -0.2) is 53.0 Å². The minimum atomic E-state index is -4.33. The summed E-state index contributed by atoms with van der Waals surface area (Å²) in [6.45, 7) is 4.30. The van der Waals surface area contributed by atoms with Crippen molar-refractivity contribution in [2.24, 2.45) is 0 Å². The highest BCUT2D eigenvalue weighted by Crippen LogP contribution is 2.43. The number of anilines is 2. The quantitative estimate of drug-likeness (QED) is 0.365. The molecule has 7 nitrogen and oxygen atoms in total. The Morgan fingerprint density at radius 3 is 2.64 bits per heavy atom. The van der Waals surface area contributed by atoms with Crippen molar-refractivity contribution in [3.63, 3.8) is 0 Å². The molecule has 0 spiro atoms. The van der Waals surface area contributed by atoms with Crippen LogP contribution in [0.25, 0.3) is 0 Å². The van der Waals surface area contributed by atoms with Gasteiger partial charge >= 0.3 is 6.18 Å². The molecule has 1 aromatic carbocycles. The number of ether oxygens (including phenoxy) is 1. The summed E-state index contributed by atoms with van der Waals surface area (Å²) in [5.41, 5.74) is 7.06. The Morgan fingerprint density at radius 2 is 2.06 bits per heavy atom. The molecule has 0 radical (unpaired) electrons. The van der Waals surface area contributed by atoms with Gasteiger partial charge in [0, 0.05) is 35.8 Å². The molecule has 0 amide bonds. The van der Waals surface area contributed by atoms with E-state index >= 15 is 4.39 Å². The summed E-state index contributed by atoms with van der Waals surface area (Å²) in [7, 11) is 0. The SMILES string of the molecule is CCOc1c(C(C)Nc2ncnc(N)c2C(C)=N)cc(Cl)c(F)c1C1CN(CC(F)(F)F)C1. The molecule has 180 valence electrons. The van der Waals surface area contributed by atoms with Gasteiger partial charge in [0.15, 0.2) is 0 Å². The van der Waals surface area contributed by atoms with E-state index in [0.717, 1.165) is 0 Å². The number of nitrogens with two attached hydrogens (primary N) is 1. The van der Waals surface area contributed by atoms with Gasteiger partial charge in [-0.2, -0.15) is 13.2 Å². The maximum Gasteiger partial charge on any atom is 0.401 e. The zero-order valence-electron chi connectivity index (χ0n) is 18.4. The van der Waals surface area contributed by atoms with Gasteiger partial charge in [0.2, 0.25) is 0 Å². The van der Waals surface area contributed by atoms with Crippen LogP contribution in [0.5, 0.6) is 5.75 Å². The third kappa shape index (κ3) is 5.47. The van der Waals surface area contributed by atoms with Gasteiger partial charge in [-0.1, -0.05) is 11.6 Å². The van der Waals surface area contributed by atoms with Gasteiger partial charge in [-0.3, -0.25) is 4.90 Å². The van der Waals surface area contributed by atoms with Crippen molar-refractivity contribution >= 4 is 28.9 Å². The van der Waals surface area contributed by atoms with Crippen LogP contribution >= 0.6 is 11.6 Å². The lowest BCUT2D eigenvalue weighted by atomic mass is 9.87. The largest absolute Gasteiger partial charge is 0.493 e. The molecule has 2 heterocycles. The summed E-state index contributed by atoms with van der Waals surface area (Å²) >= 11 is 6.18. The predicted octanol–water partition coefficient (Wildman–Crippen LogP) is 4.77. The van der Waals surface area contributed by atoms with E-state index in [0.29, 0.717) is 16.9 Å². The van der Waals surface area contributed by atoms with Gasteiger partial charge in [0.05, 0.1) is 29.8 Å². The highest BCUT2D eigenvalue weighted by Gasteiger charge is 2.40. The van der Waals surface area contributed by atoms with Crippen molar-refractivity contribution in [3.05, 3.63) is 39.9 Å². The molecule has 1 unspecified atom stereocenters. The average molecular weight is 489 g/mol. The molecule has 0 aliphatic carbocycles. The van der Waals surface area contributed by atoms with Crippen LogP contribution in [0, 0.1) is 11.2 Å². The minimum Gasteiger partial charge on any atom is -0.493 e. The number of rotatable bonds is 8. The fraction of sp³-hybridized carbons (Fsp3) is 0.476. The van der Waals surface area contributed by atoms with Gasteiger partial charge in [0.25, 0.3) is 0 Å². The summed E-state index contributed by atoms with van der Waals surface area (Å²) in [4.78, 5) is 9.27.